The number of halogens is 1. The van der Waals surface area contributed by atoms with Crippen molar-refractivity contribution in [3.05, 3.63) is 34.9 Å². The average Bonchev–Trinajstić information content (AvgIpc) is 2.08. The van der Waals surface area contributed by atoms with Crippen molar-refractivity contribution in [1.82, 2.24) is 5.32 Å². The van der Waals surface area contributed by atoms with Gasteiger partial charge < -0.3 is 5.32 Å². The van der Waals surface area contributed by atoms with Gasteiger partial charge in [-0.15, -0.1) is 0 Å². The van der Waals surface area contributed by atoms with Gasteiger partial charge in [0.15, 0.2) is 0 Å². The summed E-state index contributed by atoms with van der Waals surface area (Å²) in [6, 6.07) is 8.40. The minimum absolute atomic E-state index is 0.488. The van der Waals surface area contributed by atoms with Crippen LogP contribution in [0.15, 0.2) is 24.3 Å². The quantitative estimate of drug-likeness (QED) is 0.828. The molecule has 0 aliphatic heterocycles. The topological polar surface area (TPSA) is 12.0 Å². The molecule has 0 atom stereocenters. The molecule has 3 saturated carbocycles. The molecule has 1 aromatic carbocycles. The molecule has 0 unspecified atom stereocenters. The molecule has 15 heavy (non-hydrogen) atoms. The van der Waals surface area contributed by atoms with Crippen LogP contribution in [0.25, 0.3) is 0 Å². The summed E-state index contributed by atoms with van der Waals surface area (Å²) < 4.78 is 0. The first kappa shape index (κ1) is 9.68. The number of benzene rings is 1. The third-order valence-electron chi connectivity index (χ3n) is 4.13. The van der Waals surface area contributed by atoms with Crippen LogP contribution in [0.3, 0.4) is 0 Å². The molecule has 1 N–H and O–H groups in total. The summed E-state index contributed by atoms with van der Waals surface area (Å²) in [6.45, 7) is 1.18. The Balaban J connectivity index is 1.78. The summed E-state index contributed by atoms with van der Waals surface area (Å²) in [4.78, 5) is 0. The first-order valence-corrected chi connectivity index (χ1v) is 5.97. The summed E-state index contributed by atoms with van der Waals surface area (Å²) in [6.07, 6.45) is 4.05. The van der Waals surface area contributed by atoms with Crippen molar-refractivity contribution in [3.63, 3.8) is 0 Å². The Bertz CT molecular complexity index is 380. The van der Waals surface area contributed by atoms with Crippen molar-refractivity contribution >= 4 is 11.6 Å². The standard InChI is InChI=1S/C13H16ClN/c1-15-9-12-6-13(7-12,8-12)10-3-2-4-11(14)5-10/h2-5,15H,6-9H2,1H3. The Hall–Kier alpha value is -0.530. The Morgan fingerprint density at radius 1 is 1.33 bits per heavy atom. The second-order valence-corrected chi connectivity index (χ2v) is 5.79. The third kappa shape index (κ3) is 1.26. The summed E-state index contributed by atoms with van der Waals surface area (Å²) in [5, 5.41) is 4.18. The molecular weight excluding hydrogens is 206 g/mol. The number of hydrogen-bond acceptors (Lipinski definition) is 1. The van der Waals surface area contributed by atoms with Crippen LogP contribution in [0, 0.1) is 5.41 Å². The molecule has 80 valence electrons. The van der Waals surface area contributed by atoms with Crippen LogP contribution in [0.5, 0.6) is 0 Å². The van der Waals surface area contributed by atoms with Crippen LogP contribution in [0.2, 0.25) is 5.02 Å². The van der Waals surface area contributed by atoms with E-state index in [1.165, 1.54) is 31.4 Å². The molecule has 0 amide bonds. The fourth-order valence-electron chi connectivity index (χ4n) is 3.69. The molecule has 1 aromatic rings. The maximum Gasteiger partial charge on any atom is 0.0408 e. The minimum Gasteiger partial charge on any atom is -0.319 e. The first-order valence-electron chi connectivity index (χ1n) is 5.59. The zero-order chi connectivity index (χ0) is 10.5. The van der Waals surface area contributed by atoms with Gasteiger partial charge in [-0.3, -0.25) is 0 Å². The highest BCUT2D eigenvalue weighted by atomic mass is 35.5. The predicted octanol–water partition coefficient (Wildman–Crippen LogP) is 2.98. The maximum absolute atomic E-state index is 6.03. The van der Waals surface area contributed by atoms with E-state index in [1.54, 1.807) is 0 Å². The SMILES string of the molecule is CNCC12CC(c3cccc(Cl)c3)(C1)C2. The lowest BCUT2D eigenvalue weighted by molar-refractivity contribution is -0.137. The van der Waals surface area contributed by atoms with Crippen molar-refractivity contribution in [1.29, 1.82) is 0 Å². The predicted molar refractivity (Wildman–Crippen MR) is 63.3 cm³/mol. The molecule has 0 saturated heterocycles. The highest BCUT2D eigenvalue weighted by Gasteiger charge is 2.67. The number of rotatable bonds is 3. The Kier molecular flexibility index (Phi) is 1.93. The largest absolute Gasteiger partial charge is 0.319 e. The van der Waals surface area contributed by atoms with Crippen LogP contribution in [-0.4, -0.2) is 13.6 Å². The highest BCUT2D eigenvalue weighted by Crippen LogP contribution is 2.73. The second-order valence-electron chi connectivity index (χ2n) is 5.35. The van der Waals surface area contributed by atoms with Gasteiger partial charge in [-0.25, -0.2) is 0 Å². The summed E-state index contributed by atoms with van der Waals surface area (Å²) in [5.74, 6) is 0. The van der Waals surface area contributed by atoms with E-state index in [4.69, 9.17) is 11.6 Å². The molecule has 3 aliphatic rings. The molecule has 3 fully saturated rings. The van der Waals surface area contributed by atoms with E-state index in [0.29, 0.717) is 10.8 Å². The third-order valence-corrected chi connectivity index (χ3v) is 4.36. The smallest absolute Gasteiger partial charge is 0.0408 e. The molecule has 0 aromatic heterocycles. The molecule has 1 nitrogen and oxygen atoms in total. The zero-order valence-corrected chi connectivity index (χ0v) is 9.77. The summed E-state index contributed by atoms with van der Waals surface area (Å²) in [7, 11) is 2.05. The monoisotopic (exact) mass is 221 g/mol. The van der Waals surface area contributed by atoms with E-state index in [1.807, 2.05) is 13.1 Å². The van der Waals surface area contributed by atoms with Crippen molar-refractivity contribution in [2.75, 3.05) is 13.6 Å². The van der Waals surface area contributed by atoms with Crippen LogP contribution < -0.4 is 5.32 Å². The summed E-state index contributed by atoms with van der Waals surface area (Å²) >= 11 is 6.03. The number of hydrogen-bond donors (Lipinski definition) is 1. The van der Waals surface area contributed by atoms with E-state index in [-0.39, 0.29) is 0 Å². The van der Waals surface area contributed by atoms with Gasteiger partial charge in [0.25, 0.3) is 0 Å². The lowest BCUT2D eigenvalue weighted by Crippen LogP contribution is -2.67. The van der Waals surface area contributed by atoms with Gasteiger partial charge in [0.05, 0.1) is 0 Å². The van der Waals surface area contributed by atoms with Crippen LogP contribution in [0.4, 0.5) is 0 Å². The first-order chi connectivity index (χ1) is 7.18. The van der Waals surface area contributed by atoms with Crippen LogP contribution >= 0.6 is 11.6 Å². The molecule has 2 heteroatoms. The normalized spacial score (nSPS) is 36.9. The molecule has 2 bridgehead atoms. The van der Waals surface area contributed by atoms with Gasteiger partial charge in [-0.1, -0.05) is 23.7 Å². The van der Waals surface area contributed by atoms with E-state index >= 15 is 0 Å². The Labute approximate surface area is 95.8 Å². The molecule has 0 spiro atoms. The summed E-state index contributed by atoms with van der Waals surface area (Å²) in [5.41, 5.74) is 2.56. The van der Waals surface area contributed by atoms with Gasteiger partial charge in [-0.2, -0.15) is 0 Å². The second kappa shape index (κ2) is 2.99. The maximum atomic E-state index is 6.03. The molecule has 0 heterocycles. The van der Waals surface area contributed by atoms with Crippen molar-refractivity contribution in [2.24, 2.45) is 5.41 Å². The molecule has 3 aliphatic carbocycles. The van der Waals surface area contributed by atoms with Crippen molar-refractivity contribution in [2.45, 2.75) is 24.7 Å². The van der Waals surface area contributed by atoms with E-state index in [0.717, 1.165) is 5.02 Å². The average molecular weight is 222 g/mol. The Morgan fingerprint density at radius 2 is 2.07 bits per heavy atom. The van der Waals surface area contributed by atoms with E-state index in [9.17, 15) is 0 Å². The Morgan fingerprint density at radius 3 is 2.67 bits per heavy atom. The zero-order valence-electron chi connectivity index (χ0n) is 9.02. The molecule has 0 radical (unpaired) electrons. The van der Waals surface area contributed by atoms with Gasteiger partial charge >= 0.3 is 0 Å². The van der Waals surface area contributed by atoms with Crippen LogP contribution in [0.1, 0.15) is 24.8 Å². The van der Waals surface area contributed by atoms with Gasteiger partial charge in [0, 0.05) is 11.6 Å². The van der Waals surface area contributed by atoms with E-state index in [2.05, 4.69) is 23.5 Å². The lowest BCUT2D eigenvalue weighted by Gasteiger charge is -2.71. The fourth-order valence-corrected chi connectivity index (χ4v) is 3.88. The van der Waals surface area contributed by atoms with Crippen molar-refractivity contribution < 1.29 is 0 Å². The van der Waals surface area contributed by atoms with E-state index < -0.39 is 0 Å². The minimum atomic E-state index is 0.488. The number of nitrogens with one attached hydrogen (secondary N) is 1. The van der Waals surface area contributed by atoms with Gasteiger partial charge in [-0.05, 0) is 54.8 Å². The molecule has 4 rings (SSSR count). The van der Waals surface area contributed by atoms with Gasteiger partial charge in [0.1, 0.15) is 0 Å². The fraction of sp³-hybridized carbons (Fsp3) is 0.538. The lowest BCUT2D eigenvalue weighted by atomic mass is 9.33. The van der Waals surface area contributed by atoms with Gasteiger partial charge in [0.2, 0.25) is 0 Å². The van der Waals surface area contributed by atoms with Crippen molar-refractivity contribution in [3.8, 4) is 0 Å². The molecular formula is C13H16ClN. The highest BCUT2D eigenvalue weighted by molar-refractivity contribution is 6.30. The van der Waals surface area contributed by atoms with Crippen LogP contribution in [-0.2, 0) is 5.41 Å².